The molecule has 21 heavy (non-hydrogen) atoms. The van der Waals surface area contributed by atoms with Crippen LogP contribution in [0.4, 0.5) is 0 Å². The van der Waals surface area contributed by atoms with E-state index in [1.54, 1.807) is 0 Å². The van der Waals surface area contributed by atoms with E-state index in [1.807, 2.05) is 22.6 Å². The molecule has 0 aliphatic heterocycles. The van der Waals surface area contributed by atoms with Crippen LogP contribution >= 0.6 is 158 Å². The van der Waals surface area contributed by atoms with E-state index in [2.05, 4.69) is 136 Å². The minimum Gasteiger partial charge on any atom is -0.282 e. The maximum atomic E-state index is 11.9. The third-order valence-corrected chi connectivity index (χ3v) is 16.6. The van der Waals surface area contributed by atoms with Crippen molar-refractivity contribution in [1.29, 1.82) is 0 Å². The first kappa shape index (κ1) is 21.0. The smallest absolute Gasteiger partial charge is 0.282 e. The number of hydrogen-bond donors (Lipinski definition) is 1. The van der Waals surface area contributed by atoms with E-state index in [0.717, 1.165) is 26.8 Å². The van der Waals surface area contributed by atoms with Crippen molar-refractivity contribution in [3.63, 3.8) is 0 Å². The largest absolute Gasteiger partial charge is 0.296 e. The molecule has 0 bridgehead atoms. The summed E-state index contributed by atoms with van der Waals surface area (Å²) >= 11 is 15.2. The lowest BCUT2D eigenvalue weighted by Gasteiger charge is -2.17. The van der Waals surface area contributed by atoms with Crippen molar-refractivity contribution in [2.75, 3.05) is 0 Å². The fourth-order valence-electron chi connectivity index (χ4n) is 1.71. The Bertz CT molecular complexity index is 884. The Kier molecular flexibility index (Phi) is 7.77. The van der Waals surface area contributed by atoms with Crippen LogP contribution in [-0.4, -0.2) is 13.0 Å². The zero-order valence-corrected chi connectivity index (χ0v) is 25.2. The van der Waals surface area contributed by atoms with Crippen molar-refractivity contribution in [1.82, 2.24) is 0 Å². The van der Waals surface area contributed by atoms with Gasteiger partial charge in [0, 0.05) is 35.8 Å². The molecular weight excluding hydrogens is 1090 g/mol. The van der Waals surface area contributed by atoms with Gasteiger partial charge in [-0.3, -0.25) is 4.55 Å². The molecule has 11 heteroatoms. The molecule has 2 aromatic rings. The maximum absolute atomic E-state index is 11.9. The summed E-state index contributed by atoms with van der Waals surface area (Å²) in [4.78, 5) is 0.0135. The Morgan fingerprint density at radius 2 is 0.905 bits per heavy atom. The molecule has 0 unspecified atom stereocenters. The van der Waals surface area contributed by atoms with Crippen molar-refractivity contribution >= 4 is 179 Å². The van der Waals surface area contributed by atoms with E-state index in [9.17, 15) is 13.0 Å². The van der Waals surface area contributed by atoms with Crippen molar-refractivity contribution in [3.8, 4) is 0 Å². The van der Waals surface area contributed by atoms with Gasteiger partial charge in [-0.15, -0.1) is 0 Å². The lowest BCUT2D eigenvalue weighted by Crippen LogP contribution is -2.09. The molecule has 0 aliphatic carbocycles. The quantitative estimate of drug-likeness (QED) is 0.158. The Labute approximate surface area is 217 Å². The summed E-state index contributed by atoms with van der Waals surface area (Å²) in [6.07, 6.45) is 0. The molecule has 0 atom stereocenters. The molecule has 0 saturated heterocycles. The van der Waals surface area contributed by atoms with Gasteiger partial charge in [-0.2, -0.15) is 8.42 Å². The Morgan fingerprint density at radius 3 is 1.29 bits per heavy atom. The molecular formula is C10HI7O3S. The van der Waals surface area contributed by atoms with Gasteiger partial charge in [-0.25, -0.2) is 0 Å². The molecule has 0 aromatic heterocycles. The molecule has 1 N–H and O–H groups in total. The topological polar surface area (TPSA) is 54.4 Å². The zero-order chi connectivity index (χ0) is 16.3. The first-order valence-electron chi connectivity index (χ1n) is 4.79. The van der Waals surface area contributed by atoms with Crippen LogP contribution in [0.2, 0.25) is 0 Å². The fourth-order valence-corrected chi connectivity index (χ4v) is 10.3. The number of halogens is 7. The van der Waals surface area contributed by atoms with Crippen LogP contribution in [-0.2, 0) is 10.1 Å². The molecule has 0 saturated carbocycles. The molecule has 0 spiro atoms. The average Bonchev–Trinajstić information content (AvgIpc) is 2.38. The summed E-state index contributed by atoms with van der Waals surface area (Å²) in [5, 5.41) is 1.50. The standard InChI is InChI=1S/C10HI7O3S/c11-3-1-2(5(13)7(15)6(3)14)10(21(18,19)20)9(17)8(16)4(1)12/h(H,18,19,20). The van der Waals surface area contributed by atoms with Crippen LogP contribution in [0, 0.1) is 25.0 Å². The van der Waals surface area contributed by atoms with E-state index in [-0.39, 0.29) is 4.90 Å². The molecule has 0 aliphatic rings. The minimum absolute atomic E-state index is 0.0135. The number of hydrogen-bond acceptors (Lipinski definition) is 2. The van der Waals surface area contributed by atoms with Gasteiger partial charge in [0.05, 0.1) is 0 Å². The SMILES string of the molecule is O=S(=O)(O)c1c(I)c(I)c(I)c2c(I)c(I)c(I)c(I)c12. The number of fused-ring (bicyclic) bond motifs is 1. The first-order chi connectivity index (χ1) is 9.50. The Morgan fingerprint density at radius 1 is 0.571 bits per heavy atom. The number of rotatable bonds is 1. The van der Waals surface area contributed by atoms with Crippen LogP contribution in [0.15, 0.2) is 4.90 Å². The summed E-state index contributed by atoms with van der Waals surface area (Å²) < 4.78 is 40.0. The summed E-state index contributed by atoms with van der Waals surface area (Å²) in [5.41, 5.74) is 0. The summed E-state index contributed by atoms with van der Waals surface area (Å²) in [5.74, 6) is 0. The third kappa shape index (κ3) is 3.88. The molecule has 2 aromatic carbocycles. The molecule has 0 amide bonds. The van der Waals surface area contributed by atoms with Crippen LogP contribution in [0.3, 0.4) is 0 Å². The maximum Gasteiger partial charge on any atom is 0.296 e. The summed E-state index contributed by atoms with van der Waals surface area (Å²) in [7, 11) is -4.30. The highest BCUT2D eigenvalue weighted by Gasteiger charge is 2.28. The minimum atomic E-state index is -4.30. The van der Waals surface area contributed by atoms with E-state index >= 15 is 0 Å². The molecule has 0 heterocycles. The third-order valence-electron chi connectivity index (χ3n) is 2.56. The second-order valence-electron chi connectivity index (χ2n) is 3.75. The Balaban J connectivity index is 3.35. The molecule has 114 valence electrons. The normalized spacial score (nSPS) is 12.2. The van der Waals surface area contributed by atoms with E-state index in [1.165, 1.54) is 0 Å². The zero-order valence-electron chi connectivity index (χ0n) is 9.32. The highest BCUT2D eigenvalue weighted by atomic mass is 127. The summed E-state index contributed by atoms with van der Waals surface area (Å²) in [6.45, 7) is 0. The predicted molar refractivity (Wildman–Crippen MR) is 143 cm³/mol. The van der Waals surface area contributed by atoms with Crippen molar-refractivity contribution in [2.45, 2.75) is 4.90 Å². The first-order valence-corrected chi connectivity index (χ1v) is 13.8. The van der Waals surface area contributed by atoms with E-state index in [0.29, 0.717) is 8.96 Å². The fraction of sp³-hybridized carbons (Fsp3) is 0. The van der Waals surface area contributed by atoms with Crippen LogP contribution < -0.4 is 0 Å². The molecule has 3 nitrogen and oxygen atoms in total. The van der Waals surface area contributed by atoms with Gasteiger partial charge in [0.15, 0.2) is 0 Å². The lowest BCUT2D eigenvalue weighted by molar-refractivity contribution is 0.483. The Hall–Kier alpha value is 3.72. The van der Waals surface area contributed by atoms with Crippen LogP contribution in [0.5, 0.6) is 0 Å². The highest BCUT2D eigenvalue weighted by molar-refractivity contribution is 14.1. The van der Waals surface area contributed by atoms with E-state index < -0.39 is 10.1 Å². The molecule has 0 radical (unpaired) electrons. The average molecular weight is 1090 g/mol. The van der Waals surface area contributed by atoms with Crippen molar-refractivity contribution < 1.29 is 13.0 Å². The van der Waals surface area contributed by atoms with Crippen molar-refractivity contribution in [2.24, 2.45) is 0 Å². The van der Waals surface area contributed by atoms with Gasteiger partial charge >= 0.3 is 0 Å². The van der Waals surface area contributed by atoms with Gasteiger partial charge in [0.25, 0.3) is 10.1 Å². The second-order valence-corrected chi connectivity index (χ2v) is 12.7. The predicted octanol–water partition coefficient (Wildman–Crippen LogP) is 6.32. The van der Waals surface area contributed by atoms with Gasteiger partial charge < -0.3 is 0 Å². The highest BCUT2D eigenvalue weighted by Crippen LogP contribution is 2.43. The van der Waals surface area contributed by atoms with Crippen LogP contribution in [0.1, 0.15) is 0 Å². The second kappa shape index (κ2) is 7.76. The van der Waals surface area contributed by atoms with Gasteiger partial charge in [-0.1, -0.05) is 0 Å². The van der Waals surface area contributed by atoms with Crippen molar-refractivity contribution in [3.05, 3.63) is 25.0 Å². The monoisotopic (exact) mass is 1090 g/mol. The van der Waals surface area contributed by atoms with Gasteiger partial charge in [0.2, 0.25) is 0 Å². The van der Waals surface area contributed by atoms with Gasteiger partial charge in [0.1, 0.15) is 4.90 Å². The van der Waals surface area contributed by atoms with E-state index in [4.69, 9.17) is 0 Å². The van der Waals surface area contributed by atoms with Crippen LogP contribution in [0.25, 0.3) is 10.8 Å². The molecule has 0 fully saturated rings. The number of benzene rings is 2. The lowest BCUT2D eigenvalue weighted by atomic mass is 10.1. The molecule has 2 rings (SSSR count). The van der Waals surface area contributed by atoms with Gasteiger partial charge in [-0.05, 0) is 158 Å². The summed E-state index contributed by atoms with van der Waals surface area (Å²) in [6, 6.07) is 0.